The topological polar surface area (TPSA) is 59.0 Å². The predicted octanol–water partition coefficient (Wildman–Crippen LogP) is -1.82. The van der Waals surface area contributed by atoms with Crippen LogP contribution in [0.15, 0.2) is 0 Å². The summed E-state index contributed by atoms with van der Waals surface area (Å²) in [7, 11) is 4.08. The summed E-state index contributed by atoms with van der Waals surface area (Å²) in [6, 6.07) is 0.336. The summed E-state index contributed by atoms with van der Waals surface area (Å²) in [5.74, 6) is 0. The summed E-state index contributed by atoms with van der Waals surface area (Å²) in [5, 5.41) is 21.5. The zero-order valence-corrected chi connectivity index (χ0v) is 9.69. The van der Waals surface area contributed by atoms with Crippen LogP contribution in [0.2, 0.25) is 0 Å². The van der Waals surface area contributed by atoms with E-state index in [-0.39, 0.29) is 25.3 Å². The molecule has 2 unspecified atom stereocenters. The van der Waals surface area contributed by atoms with Crippen molar-refractivity contribution in [2.75, 3.05) is 53.5 Å². The van der Waals surface area contributed by atoms with Gasteiger partial charge in [0.2, 0.25) is 0 Å². The van der Waals surface area contributed by atoms with Crippen LogP contribution in [0.3, 0.4) is 0 Å². The average molecular weight is 217 g/mol. The van der Waals surface area contributed by atoms with E-state index in [1.165, 1.54) is 0 Å². The number of likely N-dealkylation sites (N-methyl/N-ethyl adjacent to an activating group) is 1. The van der Waals surface area contributed by atoms with Crippen LogP contribution in [0, 0.1) is 0 Å². The summed E-state index contributed by atoms with van der Waals surface area (Å²) in [4.78, 5) is 4.38. The molecule has 2 atom stereocenters. The van der Waals surface area contributed by atoms with Gasteiger partial charge in [-0.15, -0.1) is 0 Å². The Hall–Kier alpha value is -0.200. The third-order valence-electron chi connectivity index (χ3n) is 2.88. The Bertz CT molecular complexity index is 178. The highest BCUT2D eigenvalue weighted by molar-refractivity contribution is 4.85. The summed E-state index contributed by atoms with van der Waals surface area (Å²) >= 11 is 0. The number of rotatable bonds is 5. The second-order valence-corrected chi connectivity index (χ2v) is 4.42. The monoisotopic (exact) mass is 217 g/mol. The minimum absolute atomic E-state index is 0.148. The van der Waals surface area contributed by atoms with Crippen LogP contribution in [0.4, 0.5) is 0 Å². The van der Waals surface area contributed by atoms with Crippen LogP contribution >= 0.6 is 0 Å². The molecule has 0 aliphatic carbocycles. The molecule has 1 aliphatic rings. The van der Waals surface area contributed by atoms with Crippen LogP contribution in [-0.4, -0.2) is 85.6 Å². The van der Waals surface area contributed by atoms with Gasteiger partial charge in [0.25, 0.3) is 0 Å². The number of hydrogen-bond acceptors (Lipinski definition) is 5. The van der Waals surface area contributed by atoms with Crippen molar-refractivity contribution in [1.82, 2.24) is 15.1 Å². The van der Waals surface area contributed by atoms with Gasteiger partial charge in [-0.25, -0.2) is 0 Å². The Morgan fingerprint density at radius 1 is 1.33 bits per heavy atom. The van der Waals surface area contributed by atoms with Crippen molar-refractivity contribution in [2.45, 2.75) is 12.1 Å². The van der Waals surface area contributed by atoms with Crippen LogP contribution in [0.5, 0.6) is 0 Å². The molecule has 0 spiro atoms. The molecule has 0 radical (unpaired) electrons. The van der Waals surface area contributed by atoms with Gasteiger partial charge in [0.1, 0.15) is 0 Å². The van der Waals surface area contributed by atoms with Gasteiger partial charge in [0.15, 0.2) is 0 Å². The van der Waals surface area contributed by atoms with E-state index in [1.807, 2.05) is 14.1 Å². The summed E-state index contributed by atoms with van der Waals surface area (Å²) < 4.78 is 0. The van der Waals surface area contributed by atoms with Crippen LogP contribution in [0.25, 0.3) is 0 Å². The molecule has 0 amide bonds. The fourth-order valence-electron chi connectivity index (χ4n) is 1.83. The Kier molecular flexibility index (Phi) is 5.49. The lowest BCUT2D eigenvalue weighted by atomic mass is 10.1. The molecule has 90 valence electrons. The van der Waals surface area contributed by atoms with Gasteiger partial charge in [-0.2, -0.15) is 0 Å². The van der Waals surface area contributed by atoms with E-state index in [2.05, 4.69) is 15.1 Å². The number of aliphatic hydroxyl groups is 2. The van der Waals surface area contributed by atoms with Gasteiger partial charge in [0.05, 0.1) is 13.2 Å². The van der Waals surface area contributed by atoms with E-state index in [0.29, 0.717) is 0 Å². The van der Waals surface area contributed by atoms with Crippen LogP contribution in [0.1, 0.15) is 0 Å². The summed E-state index contributed by atoms with van der Waals surface area (Å²) in [5.41, 5.74) is 0. The van der Waals surface area contributed by atoms with Crippen molar-refractivity contribution in [3.05, 3.63) is 0 Å². The molecule has 5 heteroatoms. The van der Waals surface area contributed by atoms with Crippen molar-refractivity contribution >= 4 is 0 Å². The molecule has 0 bridgehead atoms. The van der Waals surface area contributed by atoms with Crippen molar-refractivity contribution in [2.24, 2.45) is 0 Å². The maximum Gasteiger partial charge on any atom is 0.0599 e. The summed E-state index contributed by atoms with van der Waals surface area (Å²) in [6.07, 6.45) is 0. The van der Waals surface area contributed by atoms with E-state index in [4.69, 9.17) is 5.11 Å². The van der Waals surface area contributed by atoms with Gasteiger partial charge in [-0.3, -0.25) is 4.90 Å². The normalized spacial score (nSPS) is 28.6. The maximum atomic E-state index is 9.23. The van der Waals surface area contributed by atoms with Gasteiger partial charge >= 0.3 is 0 Å². The quantitative estimate of drug-likeness (QED) is 0.506. The smallest absolute Gasteiger partial charge is 0.0599 e. The third-order valence-corrected chi connectivity index (χ3v) is 2.88. The first-order chi connectivity index (χ1) is 7.17. The minimum atomic E-state index is 0.148. The maximum absolute atomic E-state index is 9.23. The van der Waals surface area contributed by atoms with Gasteiger partial charge < -0.3 is 20.4 Å². The van der Waals surface area contributed by atoms with Gasteiger partial charge in [-0.05, 0) is 14.1 Å². The van der Waals surface area contributed by atoms with Crippen molar-refractivity contribution in [1.29, 1.82) is 0 Å². The number of hydrogen-bond donors (Lipinski definition) is 3. The van der Waals surface area contributed by atoms with E-state index < -0.39 is 0 Å². The lowest BCUT2D eigenvalue weighted by Crippen LogP contribution is -2.59. The fraction of sp³-hybridized carbons (Fsp3) is 1.00. The number of piperazine rings is 1. The molecule has 1 fully saturated rings. The molecule has 1 aliphatic heterocycles. The van der Waals surface area contributed by atoms with Crippen LogP contribution < -0.4 is 5.32 Å². The first-order valence-electron chi connectivity index (χ1n) is 5.51. The minimum Gasteiger partial charge on any atom is -0.395 e. The molecule has 1 rings (SSSR count). The predicted molar refractivity (Wildman–Crippen MR) is 59.9 cm³/mol. The van der Waals surface area contributed by atoms with Crippen molar-refractivity contribution < 1.29 is 10.2 Å². The third kappa shape index (κ3) is 4.04. The van der Waals surface area contributed by atoms with Crippen molar-refractivity contribution in [3.8, 4) is 0 Å². The number of nitrogens with one attached hydrogen (secondary N) is 1. The lowest BCUT2D eigenvalue weighted by molar-refractivity contribution is 0.0600. The van der Waals surface area contributed by atoms with E-state index in [0.717, 1.165) is 26.2 Å². The Morgan fingerprint density at radius 2 is 2.07 bits per heavy atom. The molecule has 0 aromatic carbocycles. The van der Waals surface area contributed by atoms with Gasteiger partial charge in [-0.1, -0.05) is 0 Å². The molecule has 0 saturated carbocycles. The Balaban J connectivity index is 2.40. The number of aliphatic hydroxyl groups excluding tert-OH is 2. The lowest BCUT2D eigenvalue weighted by Gasteiger charge is -2.39. The second kappa shape index (κ2) is 6.40. The van der Waals surface area contributed by atoms with Gasteiger partial charge in [0, 0.05) is 38.3 Å². The summed E-state index contributed by atoms with van der Waals surface area (Å²) in [6.45, 7) is 3.84. The highest BCUT2D eigenvalue weighted by Crippen LogP contribution is 2.06. The first kappa shape index (κ1) is 12.9. The molecule has 0 aromatic heterocycles. The molecule has 1 saturated heterocycles. The molecule has 3 N–H and O–H groups in total. The standard InChI is InChI=1S/C10H23N3O2/c1-12(2)3-4-13-6-9(7-14)11-5-10(13)8-15/h9-11,14-15H,3-8H2,1-2H3. The van der Waals surface area contributed by atoms with Crippen LogP contribution in [-0.2, 0) is 0 Å². The molecule has 5 nitrogen and oxygen atoms in total. The SMILES string of the molecule is CN(C)CCN1CC(CO)NCC1CO. The molecule has 0 aromatic rings. The molecule has 1 heterocycles. The fourth-order valence-corrected chi connectivity index (χ4v) is 1.83. The average Bonchev–Trinajstić information content (AvgIpc) is 2.25. The number of nitrogens with zero attached hydrogens (tertiary/aromatic N) is 2. The zero-order chi connectivity index (χ0) is 11.3. The Labute approximate surface area is 91.7 Å². The van der Waals surface area contributed by atoms with Crippen molar-refractivity contribution in [3.63, 3.8) is 0 Å². The first-order valence-corrected chi connectivity index (χ1v) is 5.51. The van der Waals surface area contributed by atoms with E-state index in [9.17, 15) is 5.11 Å². The highest BCUT2D eigenvalue weighted by atomic mass is 16.3. The highest BCUT2D eigenvalue weighted by Gasteiger charge is 2.26. The largest absolute Gasteiger partial charge is 0.395 e. The Morgan fingerprint density at radius 3 is 2.60 bits per heavy atom. The molecular weight excluding hydrogens is 194 g/mol. The van der Waals surface area contributed by atoms with E-state index >= 15 is 0 Å². The second-order valence-electron chi connectivity index (χ2n) is 4.42. The molecular formula is C10H23N3O2. The zero-order valence-electron chi connectivity index (χ0n) is 9.69. The van der Waals surface area contributed by atoms with E-state index in [1.54, 1.807) is 0 Å². The molecule has 15 heavy (non-hydrogen) atoms.